The molecular formula is C10H5S. The second kappa shape index (κ2) is 2.41. The third kappa shape index (κ3) is 1.02. The Morgan fingerprint density at radius 3 is 2.82 bits per heavy atom. The number of rotatable bonds is 0. The lowest BCUT2D eigenvalue weighted by Gasteiger charge is -1.82. The molecule has 0 bridgehead atoms. The van der Waals surface area contributed by atoms with Gasteiger partial charge in [0.2, 0.25) is 0 Å². The molecule has 51 valence electrons. The average Bonchev–Trinajstić information content (AvgIpc) is 2.46. The van der Waals surface area contributed by atoms with Gasteiger partial charge in [-0.25, -0.2) is 0 Å². The number of hydrogen-bond donors (Lipinski definition) is 0. The van der Waals surface area contributed by atoms with Crippen molar-refractivity contribution in [1.82, 2.24) is 0 Å². The van der Waals surface area contributed by atoms with Gasteiger partial charge in [-0.3, -0.25) is 0 Å². The Hall–Kier alpha value is -1.26. The fourth-order valence-corrected chi connectivity index (χ4v) is 1.91. The van der Waals surface area contributed by atoms with Gasteiger partial charge >= 0.3 is 0 Å². The molecule has 0 saturated heterocycles. The van der Waals surface area contributed by atoms with Crippen LogP contribution in [-0.2, 0) is 0 Å². The van der Waals surface area contributed by atoms with E-state index in [9.17, 15) is 0 Å². The van der Waals surface area contributed by atoms with Crippen molar-refractivity contribution in [2.75, 3.05) is 0 Å². The van der Waals surface area contributed by atoms with Gasteiger partial charge in [0.1, 0.15) is 0 Å². The predicted octanol–water partition coefficient (Wildman–Crippen LogP) is 2.84. The lowest BCUT2D eigenvalue weighted by molar-refractivity contribution is 1.85. The predicted molar refractivity (Wildman–Crippen MR) is 48.1 cm³/mol. The van der Waals surface area contributed by atoms with Crippen LogP contribution >= 0.6 is 11.3 Å². The Bertz CT molecular complexity index is 385. The number of benzene rings is 1. The summed E-state index contributed by atoms with van der Waals surface area (Å²) in [6, 6.07) is 10.1. The first-order chi connectivity index (χ1) is 5.40. The van der Waals surface area contributed by atoms with Crippen molar-refractivity contribution in [3.8, 4) is 5.92 Å². The van der Waals surface area contributed by atoms with Gasteiger partial charge in [-0.2, -0.15) is 0 Å². The van der Waals surface area contributed by atoms with Crippen LogP contribution in [0.4, 0.5) is 0 Å². The van der Waals surface area contributed by atoms with Gasteiger partial charge in [0, 0.05) is 4.70 Å². The first kappa shape index (κ1) is 6.45. The molecule has 0 aliphatic rings. The van der Waals surface area contributed by atoms with Crippen LogP contribution in [0.15, 0.2) is 30.3 Å². The summed E-state index contributed by atoms with van der Waals surface area (Å²) in [5.41, 5.74) is 0. The van der Waals surface area contributed by atoms with Crippen molar-refractivity contribution < 1.29 is 0 Å². The van der Waals surface area contributed by atoms with Crippen LogP contribution in [0.2, 0.25) is 0 Å². The Labute approximate surface area is 69.5 Å². The smallest absolute Gasteiger partial charge is 0.0791 e. The highest BCUT2D eigenvalue weighted by molar-refractivity contribution is 7.19. The average molecular weight is 157 g/mol. The minimum Gasteiger partial charge on any atom is -0.127 e. The fraction of sp³-hybridized carbons (Fsp3) is 0. The second-order valence-electron chi connectivity index (χ2n) is 2.27. The van der Waals surface area contributed by atoms with Crippen molar-refractivity contribution in [2.45, 2.75) is 0 Å². The maximum atomic E-state index is 6.94. The quantitative estimate of drug-likeness (QED) is 0.516. The Balaban J connectivity index is 2.81. The van der Waals surface area contributed by atoms with Crippen LogP contribution in [0, 0.1) is 12.3 Å². The maximum absolute atomic E-state index is 6.94. The molecule has 0 atom stereocenters. The summed E-state index contributed by atoms with van der Waals surface area (Å²) in [4.78, 5) is 0.895. The van der Waals surface area contributed by atoms with Gasteiger partial charge < -0.3 is 0 Å². The van der Waals surface area contributed by atoms with Crippen molar-refractivity contribution in [3.63, 3.8) is 0 Å². The monoisotopic (exact) mass is 157 g/mol. The van der Waals surface area contributed by atoms with Crippen molar-refractivity contribution in [3.05, 3.63) is 41.6 Å². The van der Waals surface area contributed by atoms with Gasteiger partial charge in [0.25, 0.3) is 0 Å². The minimum atomic E-state index is 0.895. The first-order valence-electron chi connectivity index (χ1n) is 3.31. The number of thiophene rings is 1. The van der Waals surface area contributed by atoms with E-state index >= 15 is 0 Å². The lowest BCUT2D eigenvalue weighted by atomic mass is 10.2. The van der Waals surface area contributed by atoms with E-state index in [0.29, 0.717) is 0 Å². The minimum absolute atomic E-state index is 0.895. The van der Waals surface area contributed by atoms with E-state index in [1.807, 2.05) is 24.3 Å². The summed E-state index contributed by atoms with van der Waals surface area (Å²) in [6.07, 6.45) is 6.94. The van der Waals surface area contributed by atoms with E-state index < -0.39 is 0 Å². The molecule has 1 aromatic heterocycles. The van der Waals surface area contributed by atoms with E-state index in [1.165, 1.54) is 10.1 Å². The van der Waals surface area contributed by atoms with Crippen LogP contribution in [0.3, 0.4) is 0 Å². The normalized spacial score (nSPS) is 9.73. The lowest BCUT2D eigenvalue weighted by Crippen LogP contribution is -1.57. The van der Waals surface area contributed by atoms with Crippen LogP contribution in [0.25, 0.3) is 10.1 Å². The molecule has 1 heteroatoms. The van der Waals surface area contributed by atoms with E-state index in [0.717, 1.165) is 4.88 Å². The molecule has 1 radical (unpaired) electrons. The zero-order valence-electron chi connectivity index (χ0n) is 5.79. The Kier molecular flexibility index (Phi) is 1.41. The number of fused-ring (bicyclic) bond motifs is 1. The molecular weight excluding hydrogens is 152 g/mol. The van der Waals surface area contributed by atoms with Crippen molar-refractivity contribution in [1.29, 1.82) is 0 Å². The van der Waals surface area contributed by atoms with E-state index in [4.69, 9.17) is 6.42 Å². The second-order valence-corrected chi connectivity index (χ2v) is 3.36. The molecule has 0 amide bonds. The largest absolute Gasteiger partial charge is 0.127 e. The molecule has 0 saturated carbocycles. The molecule has 0 fully saturated rings. The maximum Gasteiger partial charge on any atom is 0.0791 e. The molecule has 1 aromatic carbocycles. The summed E-state index contributed by atoms with van der Waals surface area (Å²) in [6.45, 7) is 0. The molecule has 0 nitrogen and oxygen atoms in total. The summed E-state index contributed by atoms with van der Waals surface area (Å²) in [5.74, 6) is 2.38. The molecule has 0 aliphatic carbocycles. The standard InChI is InChI=1S/C10H5S/c1-2-9-7-8-5-3-4-6-10(8)11-9/h3-7H. The van der Waals surface area contributed by atoms with Crippen molar-refractivity contribution >= 4 is 21.4 Å². The number of hydrogen-bond acceptors (Lipinski definition) is 1. The Morgan fingerprint density at radius 2 is 2.09 bits per heavy atom. The molecule has 0 spiro atoms. The molecule has 0 unspecified atom stereocenters. The third-order valence-corrected chi connectivity index (χ3v) is 2.58. The van der Waals surface area contributed by atoms with Gasteiger partial charge in [0.15, 0.2) is 0 Å². The van der Waals surface area contributed by atoms with Gasteiger partial charge in [-0.05, 0) is 29.9 Å². The molecule has 11 heavy (non-hydrogen) atoms. The van der Waals surface area contributed by atoms with E-state index in [1.54, 1.807) is 11.3 Å². The van der Waals surface area contributed by atoms with E-state index in [-0.39, 0.29) is 0 Å². The molecule has 2 rings (SSSR count). The van der Waals surface area contributed by atoms with Crippen molar-refractivity contribution in [2.24, 2.45) is 0 Å². The highest BCUT2D eigenvalue weighted by Gasteiger charge is 1.96. The van der Waals surface area contributed by atoms with Crippen LogP contribution < -0.4 is 0 Å². The van der Waals surface area contributed by atoms with Gasteiger partial charge in [0.05, 0.1) is 4.88 Å². The van der Waals surface area contributed by atoms with Gasteiger partial charge in [-0.1, -0.05) is 18.2 Å². The van der Waals surface area contributed by atoms with E-state index in [2.05, 4.69) is 12.0 Å². The molecule has 0 aliphatic heterocycles. The summed E-state index contributed by atoms with van der Waals surface area (Å²) < 4.78 is 1.22. The topological polar surface area (TPSA) is 0 Å². The summed E-state index contributed by atoms with van der Waals surface area (Å²) in [7, 11) is 0. The molecule has 2 aromatic rings. The first-order valence-corrected chi connectivity index (χ1v) is 4.13. The highest BCUT2D eigenvalue weighted by atomic mass is 32.1. The Morgan fingerprint density at radius 1 is 1.27 bits per heavy atom. The van der Waals surface area contributed by atoms with Gasteiger partial charge in [-0.15, -0.1) is 11.3 Å². The SMILES string of the molecule is [C]#Cc1cc2ccccc2s1. The van der Waals surface area contributed by atoms with Crippen LogP contribution in [-0.4, -0.2) is 0 Å². The highest BCUT2D eigenvalue weighted by Crippen LogP contribution is 2.23. The van der Waals surface area contributed by atoms with Crippen LogP contribution in [0.5, 0.6) is 0 Å². The third-order valence-electron chi connectivity index (χ3n) is 1.55. The fourth-order valence-electron chi connectivity index (χ4n) is 1.04. The summed E-state index contributed by atoms with van der Waals surface area (Å²) in [5, 5.41) is 1.20. The zero-order chi connectivity index (χ0) is 7.68. The van der Waals surface area contributed by atoms with Crippen LogP contribution in [0.1, 0.15) is 4.88 Å². The molecule has 1 heterocycles. The summed E-state index contributed by atoms with van der Waals surface area (Å²) >= 11 is 1.60. The zero-order valence-corrected chi connectivity index (χ0v) is 6.61. The molecule has 0 N–H and O–H groups in total.